The van der Waals surface area contributed by atoms with Gasteiger partial charge >= 0.3 is 0 Å². The minimum atomic E-state index is -0.856. The summed E-state index contributed by atoms with van der Waals surface area (Å²) in [5.74, 6) is -2.14. The maximum Gasteiger partial charge on any atom is 0.259 e. The maximum absolute atomic E-state index is 13.3. The van der Waals surface area contributed by atoms with Crippen molar-refractivity contribution in [3.8, 4) is 0 Å². The van der Waals surface area contributed by atoms with E-state index in [2.05, 4.69) is 10.3 Å². The molecule has 0 radical (unpaired) electrons. The summed E-state index contributed by atoms with van der Waals surface area (Å²) in [6, 6.07) is 5.86. The third kappa shape index (κ3) is 2.42. The molecule has 4 nitrogen and oxygen atoms in total. The molecule has 2 aromatic rings. The van der Waals surface area contributed by atoms with Crippen LogP contribution in [0.2, 0.25) is 0 Å². The molecule has 18 heavy (non-hydrogen) atoms. The molecule has 2 rings (SSSR count). The van der Waals surface area contributed by atoms with Crippen LogP contribution in [0.15, 0.2) is 36.5 Å². The molecule has 1 aromatic heterocycles. The van der Waals surface area contributed by atoms with Gasteiger partial charge in [-0.15, -0.1) is 0 Å². The first-order valence-corrected chi connectivity index (χ1v) is 5.05. The highest BCUT2D eigenvalue weighted by molar-refractivity contribution is 6.07. The van der Waals surface area contributed by atoms with E-state index in [4.69, 9.17) is 5.73 Å². The molecule has 0 saturated carbocycles. The lowest BCUT2D eigenvalue weighted by atomic mass is 10.2. The molecule has 1 heterocycles. The third-order valence-corrected chi connectivity index (χ3v) is 2.26. The Morgan fingerprint density at radius 3 is 2.72 bits per heavy atom. The Morgan fingerprint density at radius 1 is 1.28 bits per heavy atom. The number of rotatable bonds is 2. The normalized spacial score (nSPS) is 10.1. The lowest BCUT2D eigenvalue weighted by molar-refractivity contribution is 0.102. The fourth-order valence-corrected chi connectivity index (χ4v) is 1.39. The number of hydrogen-bond acceptors (Lipinski definition) is 3. The molecule has 6 heteroatoms. The Hall–Kier alpha value is -2.50. The van der Waals surface area contributed by atoms with Crippen molar-refractivity contribution in [2.45, 2.75) is 0 Å². The van der Waals surface area contributed by atoms with Crippen LogP contribution < -0.4 is 11.1 Å². The molecule has 0 aliphatic carbocycles. The number of nitrogens with one attached hydrogen (secondary N) is 1. The standard InChI is InChI=1S/C12H9F2N3O/c13-7-3-4-10(9(14)6-7)17-12(18)8-2-1-5-16-11(8)15/h1-6H,(H2,15,16)(H,17,18). The first-order chi connectivity index (χ1) is 8.58. The maximum atomic E-state index is 13.3. The van der Waals surface area contributed by atoms with Crippen molar-refractivity contribution < 1.29 is 13.6 Å². The molecular weight excluding hydrogens is 240 g/mol. The summed E-state index contributed by atoms with van der Waals surface area (Å²) in [6.45, 7) is 0. The Morgan fingerprint density at radius 2 is 2.06 bits per heavy atom. The van der Waals surface area contributed by atoms with Crippen LogP contribution in [0.25, 0.3) is 0 Å². The van der Waals surface area contributed by atoms with E-state index in [0.717, 1.165) is 12.1 Å². The summed E-state index contributed by atoms with van der Waals surface area (Å²) >= 11 is 0. The van der Waals surface area contributed by atoms with E-state index in [1.54, 1.807) is 0 Å². The van der Waals surface area contributed by atoms with Crippen molar-refractivity contribution in [1.29, 1.82) is 0 Å². The highest BCUT2D eigenvalue weighted by Crippen LogP contribution is 2.17. The SMILES string of the molecule is Nc1ncccc1C(=O)Nc1ccc(F)cc1F. The molecule has 1 aromatic carbocycles. The lowest BCUT2D eigenvalue weighted by Gasteiger charge is -2.07. The number of hydrogen-bond donors (Lipinski definition) is 2. The van der Waals surface area contributed by atoms with Crippen molar-refractivity contribution in [3.63, 3.8) is 0 Å². The van der Waals surface area contributed by atoms with E-state index in [-0.39, 0.29) is 17.1 Å². The monoisotopic (exact) mass is 249 g/mol. The first-order valence-electron chi connectivity index (χ1n) is 5.05. The van der Waals surface area contributed by atoms with E-state index in [0.29, 0.717) is 6.07 Å². The second-order valence-corrected chi connectivity index (χ2v) is 3.51. The van der Waals surface area contributed by atoms with Gasteiger partial charge in [0.2, 0.25) is 0 Å². The van der Waals surface area contributed by atoms with Gasteiger partial charge in [-0.05, 0) is 24.3 Å². The van der Waals surface area contributed by atoms with Crippen LogP contribution in [0.5, 0.6) is 0 Å². The zero-order valence-electron chi connectivity index (χ0n) is 9.15. The average Bonchev–Trinajstić information content (AvgIpc) is 2.33. The van der Waals surface area contributed by atoms with Crippen LogP contribution >= 0.6 is 0 Å². The zero-order valence-corrected chi connectivity index (χ0v) is 9.15. The number of nitrogens with zero attached hydrogens (tertiary/aromatic N) is 1. The third-order valence-electron chi connectivity index (χ3n) is 2.26. The Bertz CT molecular complexity index is 602. The topological polar surface area (TPSA) is 68.0 Å². The highest BCUT2D eigenvalue weighted by Gasteiger charge is 2.12. The largest absolute Gasteiger partial charge is 0.383 e. The molecule has 0 atom stereocenters. The number of anilines is 2. The molecule has 0 unspecified atom stereocenters. The molecule has 0 saturated heterocycles. The molecule has 0 aliphatic heterocycles. The molecule has 3 N–H and O–H groups in total. The lowest BCUT2D eigenvalue weighted by Crippen LogP contribution is -2.15. The smallest absolute Gasteiger partial charge is 0.259 e. The highest BCUT2D eigenvalue weighted by atomic mass is 19.1. The van der Waals surface area contributed by atoms with E-state index in [9.17, 15) is 13.6 Å². The molecule has 0 bridgehead atoms. The first kappa shape index (κ1) is 12.0. The van der Waals surface area contributed by atoms with Gasteiger partial charge in [0.25, 0.3) is 5.91 Å². The van der Waals surface area contributed by atoms with Gasteiger partial charge in [0.05, 0.1) is 11.3 Å². The summed E-state index contributed by atoms with van der Waals surface area (Å²) in [5.41, 5.74) is 5.52. The number of carbonyl (C=O) groups excluding carboxylic acids is 1. The number of aromatic nitrogens is 1. The van der Waals surface area contributed by atoms with Gasteiger partial charge in [0, 0.05) is 12.3 Å². The van der Waals surface area contributed by atoms with Crippen LogP contribution in [0.4, 0.5) is 20.3 Å². The van der Waals surface area contributed by atoms with E-state index in [1.807, 2.05) is 0 Å². The molecule has 0 aliphatic rings. The fourth-order valence-electron chi connectivity index (χ4n) is 1.39. The predicted molar refractivity (Wildman–Crippen MR) is 63.0 cm³/mol. The summed E-state index contributed by atoms with van der Waals surface area (Å²) in [4.78, 5) is 15.5. The Labute approximate surface area is 101 Å². The van der Waals surface area contributed by atoms with Gasteiger partial charge < -0.3 is 11.1 Å². The molecule has 0 fully saturated rings. The van der Waals surface area contributed by atoms with Gasteiger partial charge in [0.1, 0.15) is 17.5 Å². The summed E-state index contributed by atoms with van der Waals surface area (Å²) in [6.07, 6.45) is 1.44. The second kappa shape index (κ2) is 4.79. The van der Waals surface area contributed by atoms with Crippen LogP contribution in [-0.4, -0.2) is 10.9 Å². The summed E-state index contributed by atoms with van der Waals surface area (Å²) < 4.78 is 26.0. The van der Waals surface area contributed by atoms with Crippen LogP contribution in [0.3, 0.4) is 0 Å². The number of nitrogen functional groups attached to an aromatic ring is 1. The van der Waals surface area contributed by atoms with E-state index >= 15 is 0 Å². The average molecular weight is 249 g/mol. The van der Waals surface area contributed by atoms with E-state index < -0.39 is 17.5 Å². The summed E-state index contributed by atoms with van der Waals surface area (Å²) in [5, 5.41) is 2.29. The van der Waals surface area contributed by atoms with Crippen LogP contribution in [0, 0.1) is 11.6 Å². The van der Waals surface area contributed by atoms with Crippen LogP contribution in [0.1, 0.15) is 10.4 Å². The quantitative estimate of drug-likeness (QED) is 0.857. The molecule has 0 spiro atoms. The van der Waals surface area contributed by atoms with Crippen molar-refractivity contribution in [3.05, 3.63) is 53.7 Å². The van der Waals surface area contributed by atoms with Gasteiger partial charge in [-0.25, -0.2) is 13.8 Å². The predicted octanol–water partition coefficient (Wildman–Crippen LogP) is 2.19. The Kier molecular flexibility index (Phi) is 3.18. The molecule has 1 amide bonds. The fraction of sp³-hybridized carbons (Fsp3) is 0. The zero-order chi connectivity index (χ0) is 13.1. The van der Waals surface area contributed by atoms with Gasteiger partial charge in [-0.1, -0.05) is 0 Å². The molecular formula is C12H9F2N3O. The minimum absolute atomic E-state index is 0.0394. The van der Waals surface area contributed by atoms with Crippen molar-refractivity contribution in [1.82, 2.24) is 4.98 Å². The number of carbonyl (C=O) groups is 1. The van der Waals surface area contributed by atoms with Gasteiger partial charge in [-0.2, -0.15) is 0 Å². The van der Waals surface area contributed by atoms with Gasteiger partial charge in [0.15, 0.2) is 0 Å². The number of benzene rings is 1. The number of nitrogens with two attached hydrogens (primary N) is 1. The van der Waals surface area contributed by atoms with Crippen LogP contribution in [-0.2, 0) is 0 Å². The van der Waals surface area contributed by atoms with Crippen molar-refractivity contribution >= 4 is 17.4 Å². The number of halogens is 2. The minimum Gasteiger partial charge on any atom is -0.383 e. The van der Waals surface area contributed by atoms with Crippen molar-refractivity contribution in [2.24, 2.45) is 0 Å². The van der Waals surface area contributed by atoms with Crippen molar-refractivity contribution in [2.75, 3.05) is 11.1 Å². The van der Waals surface area contributed by atoms with E-state index in [1.165, 1.54) is 18.3 Å². The number of pyridine rings is 1. The summed E-state index contributed by atoms with van der Waals surface area (Å²) in [7, 11) is 0. The number of amides is 1. The second-order valence-electron chi connectivity index (χ2n) is 3.51. The van der Waals surface area contributed by atoms with Gasteiger partial charge in [-0.3, -0.25) is 4.79 Å². The Balaban J connectivity index is 2.24. The molecule has 92 valence electrons.